The van der Waals surface area contributed by atoms with E-state index in [2.05, 4.69) is 27.1 Å². The summed E-state index contributed by atoms with van der Waals surface area (Å²) in [5.41, 5.74) is 2.83. The van der Waals surface area contributed by atoms with Crippen molar-refractivity contribution in [2.45, 2.75) is 51.6 Å². The number of nitrogens with zero attached hydrogens (tertiary/aromatic N) is 4. The van der Waals surface area contributed by atoms with Gasteiger partial charge in [-0.2, -0.15) is 0 Å². The second-order valence-electron chi connectivity index (χ2n) is 9.67. The van der Waals surface area contributed by atoms with E-state index in [1.165, 1.54) is 17.0 Å². The molecule has 1 aliphatic carbocycles. The molecule has 35 heavy (non-hydrogen) atoms. The summed E-state index contributed by atoms with van der Waals surface area (Å²) >= 11 is 1.63. The van der Waals surface area contributed by atoms with Gasteiger partial charge in [0.1, 0.15) is 10.6 Å². The maximum Gasteiger partial charge on any atom is 0.262 e. The largest absolute Gasteiger partial charge is 0.369 e. The predicted octanol–water partition coefficient (Wildman–Crippen LogP) is 3.50. The first-order valence-corrected chi connectivity index (χ1v) is 13.2. The fraction of sp³-hybridized carbons (Fsp3) is 0.500. The number of halogens is 1. The lowest BCUT2D eigenvalue weighted by atomic mass is 9.97. The first-order valence-electron chi connectivity index (χ1n) is 12.4. The van der Waals surface area contributed by atoms with E-state index >= 15 is 0 Å². The van der Waals surface area contributed by atoms with E-state index in [4.69, 9.17) is 0 Å². The van der Waals surface area contributed by atoms with Crippen molar-refractivity contribution < 1.29 is 9.18 Å². The van der Waals surface area contributed by atoms with Gasteiger partial charge in [0.2, 0.25) is 5.91 Å². The number of anilines is 1. The van der Waals surface area contributed by atoms with Gasteiger partial charge in [-0.25, -0.2) is 9.37 Å². The number of nitrogens with one attached hydrogen (secondary N) is 1. The highest BCUT2D eigenvalue weighted by Gasteiger charge is 2.22. The zero-order chi connectivity index (χ0) is 24.5. The zero-order valence-electron chi connectivity index (χ0n) is 20.3. The van der Waals surface area contributed by atoms with E-state index in [0.717, 1.165) is 78.9 Å². The van der Waals surface area contributed by atoms with Crippen LogP contribution in [0.4, 0.5) is 10.1 Å². The molecule has 0 spiro atoms. The second kappa shape index (κ2) is 10.1. The second-order valence-corrected chi connectivity index (χ2v) is 10.8. The smallest absolute Gasteiger partial charge is 0.262 e. The van der Waals surface area contributed by atoms with Gasteiger partial charge in [0.25, 0.3) is 5.56 Å². The molecule has 1 fully saturated rings. The summed E-state index contributed by atoms with van der Waals surface area (Å²) in [4.78, 5) is 37.1. The van der Waals surface area contributed by atoms with Crippen molar-refractivity contribution >= 4 is 33.1 Å². The molecule has 1 aromatic carbocycles. The number of thiophene rings is 1. The third-order valence-corrected chi connectivity index (χ3v) is 8.40. The highest BCUT2D eigenvalue weighted by molar-refractivity contribution is 7.18. The van der Waals surface area contributed by atoms with Crippen LogP contribution in [0.25, 0.3) is 10.2 Å². The Morgan fingerprint density at radius 3 is 2.77 bits per heavy atom. The zero-order valence-corrected chi connectivity index (χ0v) is 21.2. The molecule has 0 saturated carbocycles. The number of rotatable bonds is 6. The topological polar surface area (TPSA) is 70.5 Å². The third kappa shape index (κ3) is 4.97. The summed E-state index contributed by atoms with van der Waals surface area (Å²) in [6.07, 6.45) is 5.92. The number of carbonyl (C=O) groups excluding carboxylic acids is 1. The van der Waals surface area contributed by atoms with Crippen LogP contribution in [0.5, 0.6) is 0 Å². The quantitative estimate of drug-likeness (QED) is 0.565. The highest BCUT2D eigenvalue weighted by atomic mass is 32.1. The lowest BCUT2D eigenvalue weighted by molar-refractivity contribution is -0.121. The molecule has 3 aromatic rings. The highest BCUT2D eigenvalue weighted by Crippen LogP contribution is 2.33. The van der Waals surface area contributed by atoms with E-state index in [9.17, 15) is 14.0 Å². The van der Waals surface area contributed by atoms with Gasteiger partial charge in [-0.1, -0.05) is 0 Å². The summed E-state index contributed by atoms with van der Waals surface area (Å²) in [7, 11) is 2.09. The molecule has 0 radical (unpaired) electrons. The standard InChI is InChI=1S/C26H32FN5O2S/c1-17(20-15-18(27)7-8-21(20)31-13-11-30(2)12-14-31)29-23(33)9-10-32-16-28-25-24(26(32)34)19-5-3-4-6-22(19)35-25/h7-8,15-17H,3-6,9-14H2,1-2H3,(H,29,33). The lowest BCUT2D eigenvalue weighted by Gasteiger charge is -2.36. The average Bonchev–Trinajstić information content (AvgIpc) is 3.23. The van der Waals surface area contributed by atoms with Crippen LogP contribution >= 0.6 is 11.3 Å². The molecule has 1 aliphatic heterocycles. The molecule has 1 amide bonds. The number of aromatic nitrogens is 2. The van der Waals surface area contributed by atoms with E-state index in [1.807, 2.05) is 6.92 Å². The molecule has 5 rings (SSSR count). The Labute approximate surface area is 208 Å². The maximum absolute atomic E-state index is 14.1. The van der Waals surface area contributed by atoms with E-state index in [1.54, 1.807) is 28.3 Å². The van der Waals surface area contributed by atoms with Gasteiger partial charge in [0, 0.05) is 55.3 Å². The molecule has 0 bridgehead atoms. The van der Waals surface area contributed by atoms with Crippen LogP contribution in [0.2, 0.25) is 0 Å². The van der Waals surface area contributed by atoms with Gasteiger partial charge in [-0.05, 0) is 63.4 Å². The molecule has 7 nitrogen and oxygen atoms in total. The lowest BCUT2D eigenvalue weighted by Crippen LogP contribution is -2.45. The Hall–Kier alpha value is -2.78. The van der Waals surface area contributed by atoms with Gasteiger partial charge in [-0.15, -0.1) is 11.3 Å². The van der Waals surface area contributed by atoms with E-state index in [-0.39, 0.29) is 36.3 Å². The molecule has 1 unspecified atom stereocenters. The minimum Gasteiger partial charge on any atom is -0.369 e. The number of likely N-dealkylation sites (N-methyl/N-ethyl adjacent to an activating group) is 1. The van der Waals surface area contributed by atoms with Crippen molar-refractivity contribution in [3.63, 3.8) is 0 Å². The first-order chi connectivity index (χ1) is 16.9. The summed E-state index contributed by atoms with van der Waals surface area (Å²) in [5, 5.41) is 3.74. The Morgan fingerprint density at radius 2 is 1.97 bits per heavy atom. The Bertz CT molecular complexity index is 1290. The third-order valence-electron chi connectivity index (χ3n) is 7.20. The fourth-order valence-electron chi connectivity index (χ4n) is 5.16. The summed E-state index contributed by atoms with van der Waals surface area (Å²) in [6.45, 7) is 5.75. The number of carbonyl (C=O) groups is 1. The molecule has 1 saturated heterocycles. The summed E-state index contributed by atoms with van der Waals surface area (Å²) in [5.74, 6) is -0.491. The van der Waals surface area contributed by atoms with Gasteiger partial charge >= 0.3 is 0 Å². The first kappa shape index (κ1) is 23.9. The molecule has 1 atom stereocenters. The summed E-state index contributed by atoms with van der Waals surface area (Å²) < 4.78 is 15.7. The van der Waals surface area contributed by atoms with Crippen LogP contribution in [-0.2, 0) is 24.2 Å². The van der Waals surface area contributed by atoms with Crippen molar-refractivity contribution in [3.8, 4) is 0 Å². The fourth-order valence-corrected chi connectivity index (χ4v) is 6.38. The summed E-state index contributed by atoms with van der Waals surface area (Å²) in [6, 6.07) is 4.44. The predicted molar refractivity (Wildman–Crippen MR) is 138 cm³/mol. The van der Waals surface area contributed by atoms with Crippen molar-refractivity contribution in [1.29, 1.82) is 0 Å². The van der Waals surface area contributed by atoms with Crippen LogP contribution in [0.15, 0.2) is 29.3 Å². The van der Waals surface area contributed by atoms with Crippen molar-refractivity contribution in [1.82, 2.24) is 19.8 Å². The number of hydrogen-bond acceptors (Lipinski definition) is 6. The monoisotopic (exact) mass is 497 g/mol. The van der Waals surface area contributed by atoms with Gasteiger partial charge in [0.15, 0.2) is 0 Å². The van der Waals surface area contributed by atoms with Crippen LogP contribution in [0.3, 0.4) is 0 Å². The average molecular weight is 498 g/mol. The van der Waals surface area contributed by atoms with E-state index in [0.29, 0.717) is 0 Å². The van der Waals surface area contributed by atoms with Crippen molar-refractivity contribution in [2.75, 3.05) is 38.1 Å². The molecule has 2 aliphatic rings. The van der Waals surface area contributed by atoms with Gasteiger partial charge in [-0.3, -0.25) is 14.2 Å². The Morgan fingerprint density at radius 1 is 1.20 bits per heavy atom. The van der Waals surface area contributed by atoms with Crippen LogP contribution in [0, 0.1) is 5.82 Å². The molecule has 186 valence electrons. The van der Waals surface area contributed by atoms with Crippen molar-refractivity contribution in [3.05, 3.63) is 56.7 Å². The van der Waals surface area contributed by atoms with E-state index < -0.39 is 0 Å². The normalized spacial score (nSPS) is 17.4. The molecular weight excluding hydrogens is 465 g/mol. The molecule has 3 heterocycles. The molecule has 9 heteroatoms. The number of aryl methyl sites for hydroxylation is 3. The number of amides is 1. The minimum absolute atomic E-state index is 0.0577. The maximum atomic E-state index is 14.1. The minimum atomic E-state index is -0.353. The number of benzene rings is 1. The SMILES string of the molecule is CC(NC(=O)CCn1cnc2sc3c(c2c1=O)CCCC3)c1cc(F)ccc1N1CCN(C)CC1. The van der Waals surface area contributed by atoms with Crippen LogP contribution < -0.4 is 15.8 Å². The Balaban J connectivity index is 1.27. The number of hydrogen-bond donors (Lipinski definition) is 1. The van der Waals surface area contributed by atoms with Crippen LogP contribution in [-0.4, -0.2) is 53.6 Å². The number of fused-ring (bicyclic) bond motifs is 3. The molecule has 2 aromatic heterocycles. The van der Waals surface area contributed by atoms with Gasteiger partial charge < -0.3 is 15.1 Å². The number of piperazine rings is 1. The molecular formula is C26H32FN5O2S. The van der Waals surface area contributed by atoms with Crippen LogP contribution in [0.1, 0.15) is 48.2 Å². The van der Waals surface area contributed by atoms with Gasteiger partial charge in [0.05, 0.1) is 17.8 Å². The Kier molecular flexibility index (Phi) is 6.88. The van der Waals surface area contributed by atoms with Crippen molar-refractivity contribution in [2.24, 2.45) is 0 Å². The molecule has 1 N–H and O–H groups in total.